The second kappa shape index (κ2) is 27.8. The predicted octanol–water partition coefficient (Wildman–Crippen LogP) is 7.03. The first-order valence-electron chi connectivity index (χ1n) is 24.0. The lowest BCUT2D eigenvalue weighted by Crippen LogP contribution is -2.61. The van der Waals surface area contributed by atoms with Crippen molar-refractivity contribution in [2.24, 2.45) is 35.5 Å². The highest BCUT2D eigenvalue weighted by Gasteiger charge is 2.53. The van der Waals surface area contributed by atoms with E-state index in [0.717, 1.165) is 12.0 Å². The lowest BCUT2D eigenvalue weighted by molar-refractivity contribution is -0.265. The second-order valence-corrected chi connectivity index (χ2v) is 19.8. The van der Waals surface area contributed by atoms with Crippen LogP contribution >= 0.6 is 12.9 Å². The number of esters is 1. The number of carbonyl (C=O) groups excluding carboxylic acids is 5. The number of Topliss-reactive ketones (excluding diaryl/α,β-unsaturated/α-hetero) is 3. The molecular formula is C51H81NO13S. The largest absolute Gasteiger partial charge is 0.460 e. The Morgan fingerprint density at radius 3 is 2.21 bits per heavy atom. The van der Waals surface area contributed by atoms with Crippen molar-refractivity contribution in [1.29, 1.82) is 0 Å². The maximum atomic E-state index is 14.3. The molecule has 1 amide bonds. The molecule has 2 saturated heterocycles. The lowest BCUT2D eigenvalue weighted by atomic mass is 9.78. The van der Waals surface area contributed by atoms with Gasteiger partial charge in [-0.3, -0.25) is 19.2 Å². The zero-order chi connectivity index (χ0) is 49.3. The van der Waals surface area contributed by atoms with E-state index in [2.05, 4.69) is 17.1 Å². The van der Waals surface area contributed by atoms with Crippen LogP contribution in [0.1, 0.15) is 132 Å². The first kappa shape index (κ1) is 57.3. The Labute approximate surface area is 399 Å². The molecule has 6 unspecified atom stereocenters. The van der Waals surface area contributed by atoms with E-state index >= 15 is 0 Å². The maximum absolute atomic E-state index is 14.3. The molecule has 2 bridgehead atoms. The van der Waals surface area contributed by atoms with Crippen LogP contribution in [0.5, 0.6) is 0 Å². The van der Waals surface area contributed by atoms with E-state index in [1.165, 1.54) is 12.0 Å². The molecule has 4 rings (SSSR count). The van der Waals surface area contributed by atoms with Crippen molar-refractivity contribution in [1.82, 2.24) is 4.90 Å². The Morgan fingerprint density at radius 2 is 1.55 bits per heavy atom. The normalized spacial score (nSPS) is 38.1. The minimum Gasteiger partial charge on any atom is -0.460 e. The molecule has 14 atom stereocenters. The first-order chi connectivity index (χ1) is 31.2. The van der Waals surface area contributed by atoms with Gasteiger partial charge in [-0.15, -0.1) is 0 Å². The molecule has 1 saturated carbocycles. The van der Waals surface area contributed by atoms with Crippen LogP contribution in [-0.2, 0) is 47.1 Å². The van der Waals surface area contributed by atoms with E-state index in [9.17, 15) is 39.3 Å². The summed E-state index contributed by atoms with van der Waals surface area (Å²) in [5.41, 5.74) is 1.39. The molecule has 15 heteroatoms. The van der Waals surface area contributed by atoms with Crippen LogP contribution in [0.2, 0.25) is 0 Å². The van der Waals surface area contributed by atoms with Crippen molar-refractivity contribution in [3.05, 3.63) is 47.6 Å². The van der Waals surface area contributed by atoms with Gasteiger partial charge in [0.25, 0.3) is 11.7 Å². The first-order valence-corrected chi connectivity index (χ1v) is 24.4. The van der Waals surface area contributed by atoms with Crippen LogP contribution in [0.3, 0.4) is 0 Å². The van der Waals surface area contributed by atoms with Crippen LogP contribution in [0.4, 0.5) is 0 Å². The third-order valence-corrected chi connectivity index (χ3v) is 14.2. The summed E-state index contributed by atoms with van der Waals surface area (Å²) in [5.74, 6) is -7.36. The summed E-state index contributed by atoms with van der Waals surface area (Å²) < 4.78 is 27.7. The maximum Gasteiger partial charge on any atom is 0.329 e. The lowest BCUT2D eigenvalue weighted by Gasteiger charge is -2.42. The number of aliphatic hydroxyl groups excluding tert-OH is 2. The van der Waals surface area contributed by atoms with E-state index in [0.29, 0.717) is 63.4 Å². The molecule has 1 aliphatic carbocycles. The van der Waals surface area contributed by atoms with Crippen LogP contribution in [0, 0.1) is 35.5 Å². The Kier molecular flexibility index (Phi) is 24.2. The fourth-order valence-corrected chi connectivity index (χ4v) is 9.78. The van der Waals surface area contributed by atoms with E-state index in [1.807, 2.05) is 58.1 Å². The summed E-state index contributed by atoms with van der Waals surface area (Å²) in [6.45, 7) is 12.9. The van der Waals surface area contributed by atoms with Crippen molar-refractivity contribution < 1.29 is 62.4 Å². The van der Waals surface area contributed by atoms with Crippen LogP contribution < -0.4 is 0 Å². The summed E-state index contributed by atoms with van der Waals surface area (Å²) in [7, 11) is 4.64. The number of amides is 1. The average Bonchev–Trinajstić information content (AvgIpc) is 3.28. The molecule has 4 aliphatic rings. The highest BCUT2D eigenvalue weighted by molar-refractivity contribution is 7.75. The number of hydrogen-bond acceptors (Lipinski definition) is 14. The van der Waals surface area contributed by atoms with Gasteiger partial charge in [0.15, 0.2) is 0 Å². The van der Waals surface area contributed by atoms with Gasteiger partial charge in [0.1, 0.15) is 23.7 Å². The Hall–Kier alpha value is -3.02. The number of hydrogen-bond donors (Lipinski definition) is 4. The van der Waals surface area contributed by atoms with Crippen molar-refractivity contribution in [3.63, 3.8) is 0 Å². The molecule has 3 fully saturated rings. The highest BCUT2D eigenvalue weighted by atomic mass is 32.1. The van der Waals surface area contributed by atoms with Gasteiger partial charge in [-0.05, 0) is 120 Å². The van der Waals surface area contributed by atoms with Gasteiger partial charge in [-0.25, -0.2) is 4.79 Å². The topological polar surface area (TPSA) is 195 Å². The number of aliphatic hydroxyl groups is 3. The molecule has 0 aromatic heterocycles. The van der Waals surface area contributed by atoms with Crippen molar-refractivity contribution >= 4 is 42.1 Å². The average molecular weight is 948 g/mol. The number of carbonyl (C=O) groups is 5. The van der Waals surface area contributed by atoms with Crippen LogP contribution in [0.25, 0.3) is 0 Å². The highest BCUT2D eigenvalue weighted by Crippen LogP contribution is 2.37. The minimum absolute atomic E-state index is 0.0725. The molecular weight excluding hydrogens is 867 g/mol. The SMILES string of the molecule is COS.CO[C@H]1C[C@@H]2CCC(C)C(O)(O2)C(=O)C(=O)N2CCCCC2C(=O)O[C@H]([C@H](C)C[C@@H]2CCC(O)[C@H](OC)C2)CC(=O)[C@H](C)/C=C(\C)C(O)CC(=O)C(C)C[C@H](C)C=C/C=C/C=C/1C. The van der Waals surface area contributed by atoms with Gasteiger partial charge in [-0.2, -0.15) is 0 Å². The molecule has 3 heterocycles. The van der Waals surface area contributed by atoms with Gasteiger partial charge in [0, 0.05) is 64.9 Å². The van der Waals surface area contributed by atoms with Crippen LogP contribution in [0.15, 0.2) is 47.6 Å². The zero-order valence-corrected chi connectivity index (χ0v) is 42.1. The van der Waals surface area contributed by atoms with Gasteiger partial charge >= 0.3 is 5.97 Å². The number of nitrogens with zero attached hydrogens (tertiary/aromatic N) is 1. The van der Waals surface area contributed by atoms with Crippen molar-refractivity contribution in [3.8, 4) is 0 Å². The molecule has 66 heavy (non-hydrogen) atoms. The number of cyclic esters (lactones) is 1. The monoisotopic (exact) mass is 948 g/mol. The standard InChI is InChI=1S/C50H77NO12.CH4OS/c1-30-15-11-10-12-16-31(2)44(60-8)27-38-20-18-36(7)50(59,63-38)47(56)48(57)51-22-14-13-17-39(51)49(58)62-45(35(6)25-37-19-21-40(52)46(26-37)61-9)29-43(55)34(5)24-33(4)42(54)28-41(53)32(3)23-30;1-2-3/h10-12,15-16,24,30,32,34-40,42,44-46,52,54,59H,13-14,17-23,25-29H2,1-9H3;3H,1H3/b12-10+,15-11?,31-16+,33-24+;/t30-,32?,34-,35-,36?,37+,38+,39?,40?,42?,44+,45+,46-,50?;/m1./s1. The number of fused-ring (bicyclic) bond motifs is 3. The smallest absolute Gasteiger partial charge is 0.329 e. The molecule has 0 aromatic carbocycles. The van der Waals surface area contributed by atoms with E-state index < -0.39 is 71.8 Å². The molecule has 0 radical (unpaired) electrons. The zero-order valence-electron chi connectivity index (χ0n) is 41.2. The van der Waals surface area contributed by atoms with Gasteiger partial charge in [0.05, 0.1) is 30.5 Å². The van der Waals surface area contributed by atoms with Crippen molar-refractivity contribution in [2.75, 3.05) is 27.9 Å². The summed E-state index contributed by atoms with van der Waals surface area (Å²) in [6, 6.07) is -1.12. The number of rotatable bonds is 5. The van der Waals surface area contributed by atoms with Gasteiger partial charge < -0.3 is 43.4 Å². The van der Waals surface area contributed by atoms with E-state index in [-0.39, 0.29) is 67.1 Å². The Morgan fingerprint density at radius 1 is 0.848 bits per heavy atom. The predicted molar refractivity (Wildman–Crippen MR) is 255 cm³/mol. The molecule has 374 valence electrons. The number of thiol groups is 1. The fraction of sp³-hybridized carbons (Fsp3) is 0.745. The molecule has 14 nitrogen and oxygen atoms in total. The molecule has 3 N–H and O–H groups in total. The third-order valence-electron chi connectivity index (χ3n) is 14.2. The quantitative estimate of drug-likeness (QED) is 0.0722. The van der Waals surface area contributed by atoms with Gasteiger partial charge in [0.2, 0.25) is 5.79 Å². The number of ketones is 3. The summed E-state index contributed by atoms with van der Waals surface area (Å²) in [6.07, 6.45) is 13.0. The van der Waals surface area contributed by atoms with Gasteiger partial charge in [-0.1, -0.05) is 71.1 Å². The Balaban J connectivity index is 0.00000375. The van der Waals surface area contributed by atoms with E-state index in [1.54, 1.807) is 41.1 Å². The second-order valence-electron chi connectivity index (χ2n) is 19.5. The molecule has 0 aromatic rings. The molecule has 3 aliphatic heterocycles. The van der Waals surface area contributed by atoms with E-state index in [4.69, 9.17) is 18.9 Å². The number of piperidine rings is 1. The molecule has 0 spiro atoms. The van der Waals surface area contributed by atoms with Crippen LogP contribution in [-0.4, -0.2) is 126 Å². The number of ether oxygens (including phenoxy) is 4. The van der Waals surface area contributed by atoms with Crippen molar-refractivity contribution in [2.45, 2.75) is 180 Å². The Bertz CT molecular complexity index is 1730. The third kappa shape index (κ3) is 16.6. The minimum atomic E-state index is -2.42. The summed E-state index contributed by atoms with van der Waals surface area (Å²) in [4.78, 5) is 71.1. The summed E-state index contributed by atoms with van der Waals surface area (Å²) >= 11 is 3.29. The summed E-state index contributed by atoms with van der Waals surface area (Å²) in [5, 5.41) is 33.5. The number of methoxy groups -OCH3 is 2. The number of allylic oxidation sites excluding steroid dienone is 6. The fourth-order valence-electron chi connectivity index (χ4n) is 9.78.